The maximum atomic E-state index is 12.6. The summed E-state index contributed by atoms with van der Waals surface area (Å²) in [6.07, 6.45) is -1.94. The van der Waals surface area contributed by atoms with Gasteiger partial charge in [0.25, 0.3) is 5.91 Å². The van der Waals surface area contributed by atoms with Crippen molar-refractivity contribution in [2.45, 2.75) is 32.9 Å². The normalized spacial score (nSPS) is 18.5. The van der Waals surface area contributed by atoms with Crippen LogP contribution in [0.15, 0.2) is 16.7 Å². The summed E-state index contributed by atoms with van der Waals surface area (Å²) in [5.41, 5.74) is 0.422. The fraction of sp³-hybridized carbons (Fsp3) is 0.625. The summed E-state index contributed by atoms with van der Waals surface area (Å²) in [4.78, 5) is 27.2. The molecule has 0 N–H and O–H groups in total. The Hall–Kier alpha value is -1.99. The number of hydrogen-bond acceptors (Lipinski definition) is 3. The molecule has 0 aliphatic carbocycles. The fourth-order valence-corrected chi connectivity index (χ4v) is 2.96. The molecule has 5 nitrogen and oxygen atoms in total. The van der Waals surface area contributed by atoms with E-state index in [0.717, 1.165) is 4.90 Å². The third-order valence-electron chi connectivity index (χ3n) is 4.21. The summed E-state index contributed by atoms with van der Waals surface area (Å²) >= 11 is 0. The molecule has 0 radical (unpaired) electrons. The Morgan fingerprint density at radius 2 is 2.12 bits per heavy atom. The first-order chi connectivity index (χ1) is 11.2. The number of rotatable bonds is 4. The number of halogens is 3. The van der Waals surface area contributed by atoms with Gasteiger partial charge < -0.3 is 14.2 Å². The van der Waals surface area contributed by atoms with Crippen LogP contribution in [0.5, 0.6) is 0 Å². The van der Waals surface area contributed by atoms with Crippen LogP contribution in [0.4, 0.5) is 13.2 Å². The first kappa shape index (κ1) is 18.4. The van der Waals surface area contributed by atoms with Crippen LogP contribution in [-0.2, 0) is 4.79 Å². The van der Waals surface area contributed by atoms with Crippen LogP contribution in [-0.4, -0.2) is 54.0 Å². The third-order valence-corrected chi connectivity index (χ3v) is 4.21. The van der Waals surface area contributed by atoms with Gasteiger partial charge in [-0.05, 0) is 32.8 Å². The van der Waals surface area contributed by atoms with Crippen LogP contribution in [0.3, 0.4) is 0 Å². The number of carbonyl (C=O) groups excluding carboxylic acids is 2. The number of piperidine rings is 1. The molecule has 0 saturated carbocycles. The van der Waals surface area contributed by atoms with Crippen LogP contribution in [0, 0.1) is 12.8 Å². The summed E-state index contributed by atoms with van der Waals surface area (Å²) < 4.78 is 42.9. The van der Waals surface area contributed by atoms with Gasteiger partial charge in [0.15, 0.2) is 0 Å². The second kappa shape index (κ2) is 7.27. The molecular formula is C16H21F3N2O3. The van der Waals surface area contributed by atoms with Crippen molar-refractivity contribution in [3.63, 3.8) is 0 Å². The van der Waals surface area contributed by atoms with Crippen molar-refractivity contribution in [2.75, 3.05) is 26.2 Å². The van der Waals surface area contributed by atoms with Crippen molar-refractivity contribution in [3.8, 4) is 0 Å². The molecule has 2 amide bonds. The van der Waals surface area contributed by atoms with E-state index < -0.39 is 24.5 Å². The van der Waals surface area contributed by atoms with Gasteiger partial charge in [-0.3, -0.25) is 9.59 Å². The maximum Gasteiger partial charge on any atom is 0.406 e. The van der Waals surface area contributed by atoms with E-state index in [4.69, 9.17) is 4.42 Å². The molecule has 0 aromatic carbocycles. The van der Waals surface area contributed by atoms with E-state index in [2.05, 4.69) is 0 Å². The van der Waals surface area contributed by atoms with Gasteiger partial charge in [-0.2, -0.15) is 13.2 Å². The highest BCUT2D eigenvalue weighted by Gasteiger charge is 2.37. The number of likely N-dealkylation sites (tertiary alicyclic amines) is 1. The molecule has 1 aromatic heterocycles. The summed E-state index contributed by atoms with van der Waals surface area (Å²) in [7, 11) is 0. The van der Waals surface area contributed by atoms with Gasteiger partial charge in [-0.25, -0.2) is 0 Å². The molecule has 8 heteroatoms. The van der Waals surface area contributed by atoms with Crippen molar-refractivity contribution in [1.29, 1.82) is 0 Å². The molecule has 2 rings (SSSR count). The van der Waals surface area contributed by atoms with Gasteiger partial charge in [0.2, 0.25) is 5.91 Å². The van der Waals surface area contributed by atoms with E-state index in [1.807, 2.05) is 0 Å². The van der Waals surface area contributed by atoms with Crippen LogP contribution in [0.1, 0.15) is 35.9 Å². The molecule has 1 aliphatic rings. The molecule has 0 unspecified atom stereocenters. The zero-order valence-corrected chi connectivity index (χ0v) is 13.7. The Balaban J connectivity index is 2.05. The largest absolute Gasteiger partial charge is 0.469 e. The lowest BCUT2D eigenvalue weighted by molar-refractivity contribution is -0.164. The topological polar surface area (TPSA) is 53.8 Å². The lowest BCUT2D eigenvalue weighted by Crippen LogP contribution is -2.48. The summed E-state index contributed by atoms with van der Waals surface area (Å²) in [6, 6.07) is 1.56. The predicted molar refractivity (Wildman–Crippen MR) is 80.4 cm³/mol. The number of alkyl halides is 3. The molecule has 134 valence electrons. The van der Waals surface area contributed by atoms with Crippen molar-refractivity contribution in [3.05, 3.63) is 23.7 Å². The number of amides is 2. The van der Waals surface area contributed by atoms with E-state index in [1.54, 1.807) is 13.0 Å². The van der Waals surface area contributed by atoms with Crippen LogP contribution >= 0.6 is 0 Å². The Bertz CT molecular complexity index is 598. The van der Waals surface area contributed by atoms with Gasteiger partial charge in [0.1, 0.15) is 12.3 Å². The molecule has 2 heterocycles. The Labute approximate surface area is 138 Å². The van der Waals surface area contributed by atoms with Gasteiger partial charge in [0.05, 0.1) is 17.7 Å². The first-order valence-corrected chi connectivity index (χ1v) is 7.91. The minimum atomic E-state index is -4.43. The van der Waals surface area contributed by atoms with Gasteiger partial charge >= 0.3 is 6.18 Å². The Morgan fingerprint density at radius 3 is 2.67 bits per heavy atom. The average molecular weight is 346 g/mol. The molecule has 1 saturated heterocycles. The molecular weight excluding hydrogens is 325 g/mol. The minimum Gasteiger partial charge on any atom is -0.469 e. The van der Waals surface area contributed by atoms with Crippen LogP contribution in [0.2, 0.25) is 0 Å². The van der Waals surface area contributed by atoms with Crippen molar-refractivity contribution in [2.24, 2.45) is 5.92 Å². The zero-order valence-electron chi connectivity index (χ0n) is 13.7. The number of nitrogens with zero attached hydrogens (tertiary/aromatic N) is 2. The Morgan fingerprint density at radius 1 is 1.42 bits per heavy atom. The smallest absolute Gasteiger partial charge is 0.406 e. The van der Waals surface area contributed by atoms with Crippen LogP contribution in [0.25, 0.3) is 0 Å². The van der Waals surface area contributed by atoms with E-state index in [1.165, 1.54) is 18.1 Å². The molecule has 1 aliphatic heterocycles. The number of furan rings is 1. The lowest BCUT2D eigenvalue weighted by Gasteiger charge is -2.35. The van der Waals surface area contributed by atoms with E-state index >= 15 is 0 Å². The summed E-state index contributed by atoms with van der Waals surface area (Å²) in [5, 5.41) is 0. The highest BCUT2D eigenvalue weighted by molar-refractivity contribution is 5.95. The maximum absolute atomic E-state index is 12.6. The van der Waals surface area contributed by atoms with E-state index in [-0.39, 0.29) is 19.0 Å². The van der Waals surface area contributed by atoms with Crippen molar-refractivity contribution in [1.82, 2.24) is 9.80 Å². The second-order valence-electron chi connectivity index (χ2n) is 5.95. The molecule has 1 aromatic rings. The number of aryl methyl sites for hydroxylation is 1. The molecule has 1 fully saturated rings. The summed E-state index contributed by atoms with van der Waals surface area (Å²) in [5.74, 6) is -0.910. The number of hydrogen-bond donors (Lipinski definition) is 0. The molecule has 0 spiro atoms. The first-order valence-electron chi connectivity index (χ1n) is 7.91. The molecule has 0 bridgehead atoms. The van der Waals surface area contributed by atoms with E-state index in [9.17, 15) is 22.8 Å². The highest BCUT2D eigenvalue weighted by Crippen LogP contribution is 2.24. The summed E-state index contributed by atoms with van der Waals surface area (Å²) in [6.45, 7) is 2.54. The zero-order chi connectivity index (χ0) is 17.9. The van der Waals surface area contributed by atoms with E-state index in [0.29, 0.717) is 30.7 Å². The standard InChI is InChI=1S/C16H21F3N2O3/c1-3-20(10-16(17,18)19)14(22)12-5-4-7-21(9-12)15(23)13-6-8-24-11(13)2/h6,8,12H,3-5,7,9-10H2,1-2H3/t12-/m1/s1. The minimum absolute atomic E-state index is 0.0103. The van der Waals surface area contributed by atoms with Gasteiger partial charge in [0, 0.05) is 19.6 Å². The van der Waals surface area contributed by atoms with Gasteiger partial charge in [-0.1, -0.05) is 0 Å². The molecule has 1 atom stereocenters. The SMILES string of the molecule is CCN(CC(F)(F)F)C(=O)[C@@H]1CCCN(C(=O)c2ccoc2C)C1. The highest BCUT2D eigenvalue weighted by atomic mass is 19.4. The third kappa shape index (κ3) is 4.30. The molecule has 24 heavy (non-hydrogen) atoms. The van der Waals surface area contributed by atoms with Gasteiger partial charge in [-0.15, -0.1) is 0 Å². The monoisotopic (exact) mass is 346 g/mol. The number of carbonyl (C=O) groups is 2. The average Bonchev–Trinajstić information content (AvgIpc) is 2.96. The Kier molecular flexibility index (Phi) is 5.56. The quantitative estimate of drug-likeness (QED) is 0.842. The lowest BCUT2D eigenvalue weighted by atomic mass is 9.95. The predicted octanol–water partition coefficient (Wildman–Crippen LogP) is 2.85. The van der Waals surface area contributed by atoms with Crippen molar-refractivity contribution >= 4 is 11.8 Å². The van der Waals surface area contributed by atoms with Crippen LogP contribution < -0.4 is 0 Å². The fourth-order valence-electron chi connectivity index (χ4n) is 2.96. The second-order valence-corrected chi connectivity index (χ2v) is 5.95. The van der Waals surface area contributed by atoms with Crippen molar-refractivity contribution < 1.29 is 27.2 Å².